The van der Waals surface area contributed by atoms with Crippen molar-refractivity contribution >= 4 is 23.3 Å². The molecule has 5 nitrogen and oxygen atoms in total. The molecule has 0 heterocycles. The second-order valence-electron chi connectivity index (χ2n) is 8.16. The minimum Gasteiger partial charge on any atom is -0.486 e. The molecular formula is C22H20ClF2NO4. The molecule has 0 spiro atoms. The van der Waals surface area contributed by atoms with Crippen molar-refractivity contribution in [3.05, 3.63) is 59.1 Å². The Balaban J connectivity index is 1.18. The maximum Gasteiger partial charge on any atom is 0.258 e. The number of amides is 1. The second-order valence-corrected chi connectivity index (χ2v) is 8.57. The Hall–Kier alpha value is -2.67. The van der Waals surface area contributed by atoms with Gasteiger partial charge in [-0.25, -0.2) is 8.78 Å². The monoisotopic (exact) mass is 435 g/mol. The number of hydrogen-bond donors (Lipinski definition) is 1. The van der Waals surface area contributed by atoms with E-state index in [9.17, 15) is 18.4 Å². The van der Waals surface area contributed by atoms with Gasteiger partial charge in [0.1, 0.15) is 18.2 Å². The highest BCUT2D eigenvalue weighted by Gasteiger charge is 2.68. The first-order valence-electron chi connectivity index (χ1n) is 9.56. The van der Waals surface area contributed by atoms with Gasteiger partial charge in [-0.15, -0.1) is 0 Å². The van der Waals surface area contributed by atoms with Crippen molar-refractivity contribution in [3.63, 3.8) is 0 Å². The van der Waals surface area contributed by atoms with E-state index in [0.717, 1.165) is 6.07 Å². The summed E-state index contributed by atoms with van der Waals surface area (Å²) in [6, 6.07) is 9.93. The van der Waals surface area contributed by atoms with E-state index in [4.69, 9.17) is 21.1 Å². The molecule has 0 saturated heterocycles. The molecule has 1 N–H and O–H groups in total. The fraction of sp³-hybridized carbons (Fsp3) is 0.364. The first-order valence-corrected chi connectivity index (χ1v) is 9.94. The molecule has 2 bridgehead atoms. The van der Waals surface area contributed by atoms with E-state index < -0.39 is 11.6 Å². The van der Waals surface area contributed by atoms with Crippen LogP contribution >= 0.6 is 11.6 Å². The molecule has 5 rings (SSSR count). The van der Waals surface area contributed by atoms with E-state index in [1.54, 1.807) is 12.1 Å². The molecule has 2 aromatic carbocycles. The Kier molecular flexibility index (Phi) is 5.40. The average molecular weight is 436 g/mol. The number of carbonyl (C=O) groups is 2. The van der Waals surface area contributed by atoms with Crippen LogP contribution in [0.5, 0.6) is 11.5 Å². The number of rotatable bonds is 9. The molecule has 30 heavy (non-hydrogen) atoms. The van der Waals surface area contributed by atoms with Crippen LogP contribution in [0, 0.1) is 17.0 Å². The van der Waals surface area contributed by atoms with Gasteiger partial charge in [0, 0.05) is 18.0 Å². The maximum atomic E-state index is 13.5. The highest BCUT2D eigenvalue weighted by Crippen LogP contribution is 2.68. The van der Waals surface area contributed by atoms with Crippen molar-refractivity contribution in [2.24, 2.45) is 5.41 Å². The number of Topliss-reactive ketones (excluding diaryl/α,β-unsaturated/α-hetero) is 1. The van der Waals surface area contributed by atoms with Crippen LogP contribution in [0.4, 0.5) is 8.78 Å². The second kappa shape index (κ2) is 7.87. The lowest BCUT2D eigenvalue weighted by Gasteiger charge is -2.70. The third kappa shape index (κ3) is 4.26. The minimum absolute atomic E-state index is 0.00538. The first kappa shape index (κ1) is 20.6. The Morgan fingerprint density at radius 3 is 2.43 bits per heavy atom. The average Bonchev–Trinajstić information content (AvgIpc) is 2.65. The summed E-state index contributed by atoms with van der Waals surface area (Å²) in [6.07, 6.45) is 2.50. The van der Waals surface area contributed by atoms with E-state index in [1.165, 1.54) is 24.3 Å². The quantitative estimate of drug-likeness (QED) is 0.644. The van der Waals surface area contributed by atoms with Crippen molar-refractivity contribution in [3.8, 4) is 11.5 Å². The summed E-state index contributed by atoms with van der Waals surface area (Å²) in [7, 11) is 0. The third-order valence-corrected chi connectivity index (χ3v) is 5.91. The van der Waals surface area contributed by atoms with Gasteiger partial charge in [0.25, 0.3) is 5.91 Å². The summed E-state index contributed by atoms with van der Waals surface area (Å²) in [5.74, 6) is -1.22. The number of ketones is 1. The molecule has 3 aliphatic carbocycles. The zero-order chi connectivity index (χ0) is 21.4. The molecule has 3 saturated carbocycles. The number of nitrogens with one attached hydrogen (secondary N) is 1. The zero-order valence-electron chi connectivity index (χ0n) is 16.1. The summed E-state index contributed by atoms with van der Waals surface area (Å²) in [6.45, 7) is -0.404. The minimum atomic E-state index is -0.599. The summed E-state index contributed by atoms with van der Waals surface area (Å²) in [5, 5.41) is 2.93. The molecular weight excluding hydrogens is 416 g/mol. The van der Waals surface area contributed by atoms with Gasteiger partial charge in [-0.2, -0.15) is 0 Å². The van der Waals surface area contributed by atoms with Crippen LogP contribution in [0.15, 0.2) is 42.5 Å². The Labute approximate surface area is 177 Å². The van der Waals surface area contributed by atoms with Crippen molar-refractivity contribution < 1.29 is 27.8 Å². The van der Waals surface area contributed by atoms with E-state index >= 15 is 0 Å². The standard InChI is InChI=1S/C22H20ClF2NO4/c23-16-6-5-15(7-18(16)25)29-9-14(27)8-21-11-22(12-21,13-21)26-20(28)10-30-19-4-2-1-3-17(19)24/h1-7H,8-13H2,(H,26,28). The van der Waals surface area contributed by atoms with Crippen LogP contribution in [0.3, 0.4) is 0 Å². The van der Waals surface area contributed by atoms with Gasteiger partial charge in [-0.3, -0.25) is 9.59 Å². The van der Waals surface area contributed by atoms with Crippen LogP contribution in [-0.4, -0.2) is 30.4 Å². The normalized spacial score (nSPS) is 23.7. The van der Waals surface area contributed by atoms with Gasteiger partial charge < -0.3 is 14.8 Å². The Morgan fingerprint density at radius 2 is 1.73 bits per heavy atom. The third-order valence-electron chi connectivity index (χ3n) is 5.60. The van der Waals surface area contributed by atoms with E-state index in [2.05, 4.69) is 5.32 Å². The van der Waals surface area contributed by atoms with Gasteiger partial charge in [-0.1, -0.05) is 23.7 Å². The van der Waals surface area contributed by atoms with Crippen LogP contribution in [-0.2, 0) is 9.59 Å². The van der Waals surface area contributed by atoms with Crippen LogP contribution in [0.1, 0.15) is 25.7 Å². The zero-order valence-corrected chi connectivity index (χ0v) is 16.8. The molecule has 0 aromatic heterocycles. The summed E-state index contributed by atoms with van der Waals surface area (Å²) in [4.78, 5) is 24.3. The van der Waals surface area contributed by atoms with Gasteiger partial charge in [0.15, 0.2) is 24.0 Å². The number of para-hydroxylation sites is 1. The highest BCUT2D eigenvalue weighted by atomic mass is 35.5. The Morgan fingerprint density at radius 1 is 1.00 bits per heavy atom. The first-order chi connectivity index (χ1) is 14.3. The highest BCUT2D eigenvalue weighted by molar-refractivity contribution is 6.30. The van der Waals surface area contributed by atoms with E-state index in [1.807, 2.05) is 0 Å². The van der Waals surface area contributed by atoms with Crippen molar-refractivity contribution in [2.75, 3.05) is 13.2 Å². The van der Waals surface area contributed by atoms with Crippen LogP contribution in [0.25, 0.3) is 0 Å². The lowest BCUT2D eigenvalue weighted by atomic mass is 9.38. The molecule has 0 atom stereocenters. The number of halogens is 3. The largest absolute Gasteiger partial charge is 0.486 e. The number of carbonyl (C=O) groups excluding carboxylic acids is 2. The van der Waals surface area contributed by atoms with E-state index in [-0.39, 0.29) is 52.4 Å². The molecule has 0 radical (unpaired) electrons. The SMILES string of the molecule is O=C(COc1ccc(Cl)c(F)c1)CC12CC(NC(=O)COc3ccccc3F)(C1)C2. The van der Waals surface area contributed by atoms with Gasteiger partial charge in [0.05, 0.1) is 5.02 Å². The fourth-order valence-corrected chi connectivity index (χ4v) is 4.67. The predicted octanol–water partition coefficient (Wildman–Crippen LogP) is 4.07. The molecule has 0 aliphatic heterocycles. The molecule has 8 heteroatoms. The fourth-order valence-electron chi connectivity index (χ4n) is 4.55. The Bertz CT molecular complexity index is 977. The number of ether oxygens (including phenoxy) is 2. The summed E-state index contributed by atoms with van der Waals surface area (Å²) < 4.78 is 37.5. The molecule has 2 aromatic rings. The molecule has 3 fully saturated rings. The summed E-state index contributed by atoms with van der Waals surface area (Å²) >= 11 is 5.62. The molecule has 1 amide bonds. The predicted molar refractivity (Wildman–Crippen MR) is 106 cm³/mol. The van der Waals surface area contributed by atoms with Crippen molar-refractivity contribution in [2.45, 2.75) is 31.2 Å². The lowest BCUT2D eigenvalue weighted by molar-refractivity contribution is -0.173. The smallest absolute Gasteiger partial charge is 0.258 e. The topological polar surface area (TPSA) is 64.6 Å². The summed E-state index contributed by atoms with van der Waals surface area (Å²) in [5.41, 5.74) is -0.401. The van der Waals surface area contributed by atoms with Gasteiger partial charge in [0.2, 0.25) is 0 Å². The number of hydrogen-bond acceptors (Lipinski definition) is 4. The molecule has 158 valence electrons. The molecule has 3 aliphatic rings. The lowest BCUT2D eigenvalue weighted by Crippen LogP contribution is -2.75. The van der Waals surface area contributed by atoms with E-state index in [0.29, 0.717) is 25.7 Å². The van der Waals surface area contributed by atoms with Crippen molar-refractivity contribution in [1.82, 2.24) is 5.32 Å². The van der Waals surface area contributed by atoms with Crippen LogP contribution in [0.2, 0.25) is 5.02 Å². The maximum absolute atomic E-state index is 13.5. The molecule has 0 unspecified atom stereocenters. The van der Waals surface area contributed by atoms with Crippen LogP contribution < -0.4 is 14.8 Å². The van der Waals surface area contributed by atoms with Gasteiger partial charge in [-0.05, 0) is 48.9 Å². The van der Waals surface area contributed by atoms with Crippen molar-refractivity contribution in [1.29, 1.82) is 0 Å². The number of benzene rings is 2. The van der Waals surface area contributed by atoms with Gasteiger partial charge >= 0.3 is 0 Å².